The van der Waals surface area contributed by atoms with Gasteiger partial charge in [-0.25, -0.2) is 0 Å². The highest BCUT2D eigenvalue weighted by Crippen LogP contribution is 2.41. The topological polar surface area (TPSA) is 51.5 Å². The van der Waals surface area contributed by atoms with E-state index in [4.69, 9.17) is 9.15 Å². The molecule has 0 radical (unpaired) electrons. The molecular weight excluding hydrogens is 266 g/mol. The van der Waals surface area contributed by atoms with Crippen molar-refractivity contribution in [2.45, 2.75) is 24.7 Å². The van der Waals surface area contributed by atoms with Crippen molar-refractivity contribution in [3.8, 4) is 0 Å². The maximum absolute atomic E-state index is 12.0. The number of anilines is 1. The molecule has 0 saturated heterocycles. The summed E-state index contributed by atoms with van der Waals surface area (Å²) in [6, 6.07) is 10.2. The van der Waals surface area contributed by atoms with Crippen molar-refractivity contribution in [1.29, 1.82) is 0 Å². The minimum atomic E-state index is -0.230. The molecule has 2 aromatic rings. The third-order valence-corrected chi connectivity index (χ3v) is 4.26. The molecule has 1 heterocycles. The zero-order valence-electron chi connectivity index (χ0n) is 12.3. The Labute approximate surface area is 124 Å². The fraction of sp³-hybridized carbons (Fsp3) is 0.353. The molecule has 4 nitrogen and oxygen atoms in total. The van der Waals surface area contributed by atoms with Gasteiger partial charge in [0.25, 0.3) is 0 Å². The molecule has 0 fully saturated rings. The molecule has 1 N–H and O–H groups in total. The average Bonchev–Trinajstić information content (AvgIpc) is 3.01. The lowest BCUT2D eigenvalue weighted by Gasteiger charge is -2.27. The first-order valence-corrected chi connectivity index (χ1v) is 7.14. The number of carbonyl (C=O) groups is 1. The quantitative estimate of drug-likeness (QED) is 0.879. The third-order valence-electron chi connectivity index (χ3n) is 4.26. The molecular formula is C17H19NO3. The summed E-state index contributed by atoms with van der Waals surface area (Å²) >= 11 is 0. The smallest absolute Gasteiger partial charge is 0.313 e. The van der Waals surface area contributed by atoms with Crippen LogP contribution in [-0.2, 0) is 16.0 Å². The van der Waals surface area contributed by atoms with E-state index in [1.807, 2.05) is 13.1 Å². The molecule has 4 heteroatoms. The first-order valence-electron chi connectivity index (χ1n) is 7.14. The number of esters is 1. The molecule has 0 amide bonds. The van der Waals surface area contributed by atoms with E-state index in [-0.39, 0.29) is 17.8 Å². The van der Waals surface area contributed by atoms with E-state index in [1.165, 1.54) is 12.7 Å². The molecule has 110 valence electrons. The fourth-order valence-corrected chi connectivity index (χ4v) is 3.09. The molecule has 3 rings (SSSR count). The first kappa shape index (κ1) is 13.7. The van der Waals surface area contributed by atoms with Crippen LogP contribution in [0.4, 0.5) is 5.69 Å². The largest absolute Gasteiger partial charge is 0.469 e. The number of rotatable bonds is 3. The number of hydrogen-bond donors (Lipinski definition) is 1. The molecule has 1 aliphatic rings. The van der Waals surface area contributed by atoms with E-state index in [9.17, 15) is 4.79 Å². The Kier molecular flexibility index (Phi) is 3.69. The van der Waals surface area contributed by atoms with Crippen molar-refractivity contribution in [3.05, 3.63) is 53.5 Å². The summed E-state index contributed by atoms with van der Waals surface area (Å²) in [6.45, 7) is 0. The standard InChI is InChI=1S/C17H19NO3/c1-18-13-5-3-11(4-6-13)12-9-15(17(19)20-2)14-7-8-21-16(14)10-12/h3-8,12,15,18H,9-10H2,1-2H3. The highest BCUT2D eigenvalue weighted by molar-refractivity contribution is 5.79. The van der Waals surface area contributed by atoms with Crippen molar-refractivity contribution in [3.63, 3.8) is 0 Å². The monoisotopic (exact) mass is 285 g/mol. The minimum Gasteiger partial charge on any atom is -0.469 e. The van der Waals surface area contributed by atoms with Crippen molar-refractivity contribution >= 4 is 11.7 Å². The van der Waals surface area contributed by atoms with E-state index in [0.717, 1.165) is 29.9 Å². The van der Waals surface area contributed by atoms with Crippen molar-refractivity contribution in [2.75, 3.05) is 19.5 Å². The molecule has 0 aliphatic heterocycles. The summed E-state index contributed by atoms with van der Waals surface area (Å²) in [5.41, 5.74) is 3.28. The van der Waals surface area contributed by atoms with Crippen LogP contribution in [0.25, 0.3) is 0 Å². The molecule has 1 aliphatic carbocycles. The van der Waals surface area contributed by atoms with Gasteiger partial charge in [0.1, 0.15) is 5.76 Å². The van der Waals surface area contributed by atoms with Crippen LogP contribution in [0.1, 0.15) is 35.1 Å². The van der Waals surface area contributed by atoms with Crippen LogP contribution in [0.2, 0.25) is 0 Å². The van der Waals surface area contributed by atoms with Gasteiger partial charge in [0.2, 0.25) is 0 Å². The number of hydrogen-bond acceptors (Lipinski definition) is 4. The van der Waals surface area contributed by atoms with Crippen LogP contribution in [0, 0.1) is 0 Å². The summed E-state index contributed by atoms with van der Waals surface area (Å²) in [5.74, 6) is 0.763. The second-order valence-electron chi connectivity index (χ2n) is 5.38. The van der Waals surface area contributed by atoms with Crippen molar-refractivity contribution in [1.82, 2.24) is 0 Å². The lowest BCUT2D eigenvalue weighted by Crippen LogP contribution is -2.23. The molecule has 2 unspecified atom stereocenters. The number of nitrogens with one attached hydrogen (secondary N) is 1. The highest BCUT2D eigenvalue weighted by atomic mass is 16.5. The van der Waals surface area contributed by atoms with Gasteiger partial charge in [-0.1, -0.05) is 12.1 Å². The van der Waals surface area contributed by atoms with E-state index in [1.54, 1.807) is 6.26 Å². The Morgan fingerprint density at radius 1 is 1.29 bits per heavy atom. The highest BCUT2D eigenvalue weighted by Gasteiger charge is 2.34. The number of benzene rings is 1. The Hall–Kier alpha value is -2.23. The van der Waals surface area contributed by atoms with Gasteiger partial charge >= 0.3 is 5.97 Å². The molecule has 21 heavy (non-hydrogen) atoms. The maximum Gasteiger partial charge on any atom is 0.313 e. The van der Waals surface area contributed by atoms with Crippen molar-refractivity contribution < 1.29 is 13.9 Å². The van der Waals surface area contributed by atoms with Crippen LogP contribution in [-0.4, -0.2) is 20.1 Å². The lowest BCUT2D eigenvalue weighted by atomic mass is 9.77. The zero-order chi connectivity index (χ0) is 14.8. The van der Waals surface area contributed by atoms with Crippen LogP contribution < -0.4 is 5.32 Å². The summed E-state index contributed by atoms with van der Waals surface area (Å²) in [4.78, 5) is 12.0. The number of methoxy groups -OCH3 is 1. The Morgan fingerprint density at radius 3 is 2.71 bits per heavy atom. The molecule has 0 bridgehead atoms. The van der Waals surface area contributed by atoms with E-state index in [0.29, 0.717) is 0 Å². The van der Waals surface area contributed by atoms with Gasteiger partial charge in [-0.2, -0.15) is 0 Å². The van der Waals surface area contributed by atoms with E-state index < -0.39 is 0 Å². The van der Waals surface area contributed by atoms with Crippen LogP contribution in [0.15, 0.2) is 41.0 Å². The van der Waals surface area contributed by atoms with Gasteiger partial charge in [0.15, 0.2) is 0 Å². The molecule has 0 saturated carbocycles. The maximum atomic E-state index is 12.0. The van der Waals surface area contributed by atoms with Crippen LogP contribution >= 0.6 is 0 Å². The SMILES string of the molecule is CNc1ccc(C2Cc3occc3C(C(=O)OC)C2)cc1. The summed E-state index contributed by atoms with van der Waals surface area (Å²) in [6.07, 6.45) is 3.25. The summed E-state index contributed by atoms with van der Waals surface area (Å²) in [7, 11) is 3.34. The van der Waals surface area contributed by atoms with E-state index in [2.05, 4.69) is 29.6 Å². The predicted molar refractivity (Wildman–Crippen MR) is 80.5 cm³/mol. The first-order chi connectivity index (χ1) is 10.2. The van der Waals surface area contributed by atoms with E-state index >= 15 is 0 Å². The fourth-order valence-electron chi connectivity index (χ4n) is 3.09. The van der Waals surface area contributed by atoms with Gasteiger partial charge < -0.3 is 14.5 Å². The van der Waals surface area contributed by atoms with Crippen LogP contribution in [0.3, 0.4) is 0 Å². The number of furan rings is 1. The van der Waals surface area contributed by atoms with Gasteiger partial charge in [-0.05, 0) is 36.1 Å². The number of ether oxygens (including phenoxy) is 1. The average molecular weight is 285 g/mol. The predicted octanol–water partition coefficient (Wildman–Crippen LogP) is 3.31. The molecule has 1 aromatic carbocycles. The Morgan fingerprint density at radius 2 is 2.05 bits per heavy atom. The minimum absolute atomic E-state index is 0.186. The Balaban J connectivity index is 1.90. The summed E-state index contributed by atoms with van der Waals surface area (Å²) < 4.78 is 10.5. The molecule has 1 aromatic heterocycles. The second-order valence-corrected chi connectivity index (χ2v) is 5.38. The number of carbonyl (C=O) groups excluding carboxylic acids is 1. The van der Waals surface area contributed by atoms with Gasteiger partial charge in [0.05, 0.1) is 19.3 Å². The normalized spacial score (nSPS) is 20.7. The molecule has 2 atom stereocenters. The molecule has 0 spiro atoms. The lowest BCUT2D eigenvalue weighted by molar-refractivity contribution is -0.143. The van der Waals surface area contributed by atoms with Gasteiger partial charge in [-0.3, -0.25) is 4.79 Å². The third kappa shape index (κ3) is 2.53. The van der Waals surface area contributed by atoms with Crippen LogP contribution in [0.5, 0.6) is 0 Å². The zero-order valence-corrected chi connectivity index (χ0v) is 12.3. The second kappa shape index (κ2) is 5.64. The van der Waals surface area contributed by atoms with Gasteiger partial charge in [-0.15, -0.1) is 0 Å². The van der Waals surface area contributed by atoms with Gasteiger partial charge in [0, 0.05) is 24.7 Å². The Bertz CT molecular complexity index is 630. The number of fused-ring (bicyclic) bond motifs is 1. The van der Waals surface area contributed by atoms with Crippen molar-refractivity contribution in [2.24, 2.45) is 0 Å². The summed E-state index contributed by atoms with van der Waals surface area (Å²) in [5, 5.41) is 3.11.